The lowest BCUT2D eigenvalue weighted by Gasteiger charge is -2.38. The van der Waals surface area contributed by atoms with Gasteiger partial charge in [0.2, 0.25) is 0 Å². The van der Waals surface area contributed by atoms with E-state index in [1.807, 2.05) is 0 Å². The van der Waals surface area contributed by atoms with Crippen LogP contribution < -0.4 is 5.32 Å². The number of hydrogen-bond donors (Lipinski definition) is 1. The molecule has 0 aliphatic rings. The fourth-order valence-corrected chi connectivity index (χ4v) is 14.7. The number of rotatable bonds is 9. The van der Waals surface area contributed by atoms with Crippen LogP contribution in [0.4, 0.5) is 0 Å². The van der Waals surface area contributed by atoms with E-state index in [9.17, 15) is 0 Å². The molecule has 18 heavy (non-hydrogen) atoms. The van der Waals surface area contributed by atoms with Crippen LogP contribution in [0.5, 0.6) is 0 Å². The van der Waals surface area contributed by atoms with E-state index in [0.29, 0.717) is 0 Å². The van der Waals surface area contributed by atoms with Gasteiger partial charge in [-0.1, -0.05) is 6.92 Å². The van der Waals surface area contributed by atoms with Crippen molar-refractivity contribution in [1.82, 2.24) is 5.32 Å². The molecule has 0 saturated carbocycles. The molecule has 0 fully saturated rings. The van der Waals surface area contributed by atoms with Crippen LogP contribution in [0, 0.1) is 0 Å². The minimum atomic E-state index is -1.99. The molecule has 1 N–H and O–H groups in total. The minimum Gasteiger partial charge on any atom is -0.437 e. The van der Waals surface area contributed by atoms with Crippen molar-refractivity contribution in [3.63, 3.8) is 0 Å². The Morgan fingerprint density at radius 1 is 0.833 bits per heavy atom. The van der Waals surface area contributed by atoms with E-state index in [2.05, 4.69) is 58.1 Å². The molecule has 0 radical (unpaired) electrons. The maximum atomic E-state index is 6.44. The highest BCUT2D eigenvalue weighted by Crippen LogP contribution is 2.25. The lowest BCUT2D eigenvalue weighted by Crippen LogP contribution is -2.52. The summed E-state index contributed by atoms with van der Waals surface area (Å²) in [6, 6.07) is 1.11. The van der Waals surface area contributed by atoms with Crippen LogP contribution in [0.2, 0.25) is 51.9 Å². The third-order valence-electron chi connectivity index (χ3n) is 2.28. The zero-order chi connectivity index (χ0) is 14.4. The summed E-state index contributed by atoms with van der Waals surface area (Å²) in [5, 5.41) is 3.38. The number of nitrogens with one attached hydrogen (secondary N) is 1. The zero-order valence-electron chi connectivity index (χ0n) is 13.6. The normalized spacial score (nSPS) is 14.0. The summed E-state index contributed by atoms with van der Waals surface area (Å²) in [6.45, 7) is 20.1. The smallest absolute Gasteiger partial charge is 0.314 e. The molecule has 0 unspecified atom stereocenters. The van der Waals surface area contributed by atoms with Crippen molar-refractivity contribution < 1.29 is 8.23 Å². The van der Waals surface area contributed by atoms with Gasteiger partial charge in [0.1, 0.15) is 0 Å². The molecule has 0 bridgehead atoms. The Labute approximate surface area is 117 Å². The number of hydrogen-bond acceptors (Lipinski definition) is 3. The van der Waals surface area contributed by atoms with E-state index >= 15 is 0 Å². The standard InChI is InChI=1S/C12H33NO2Si3/c1-9-13-11-10-12-18(8,14-16(2,3)4)15-17(5,6)7/h13H,9-12H2,1-8H3. The van der Waals surface area contributed by atoms with Crippen LogP contribution in [-0.4, -0.2) is 38.3 Å². The van der Waals surface area contributed by atoms with Gasteiger partial charge in [0.15, 0.2) is 16.6 Å². The SMILES string of the molecule is CCNCCC[Si](C)(O[Si](C)(C)C)O[Si](C)(C)C. The van der Waals surface area contributed by atoms with Crippen LogP contribution in [0.1, 0.15) is 13.3 Å². The molecule has 3 nitrogen and oxygen atoms in total. The molecular formula is C12H33NO2Si3. The van der Waals surface area contributed by atoms with E-state index in [4.69, 9.17) is 8.23 Å². The largest absolute Gasteiger partial charge is 0.437 e. The van der Waals surface area contributed by atoms with Gasteiger partial charge in [-0.25, -0.2) is 0 Å². The van der Waals surface area contributed by atoms with Gasteiger partial charge in [0, 0.05) is 0 Å². The van der Waals surface area contributed by atoms with Gasteiger partial charge in [-0.3, -0.25) is 0 Å². The quantitative estimate of drug-likeness (QED) is 0.520. The Hall–Kier alpha value is 0.531. The van der Waals surface area contributed by atoms with E-state index in [0.717, 1.165) is 25.6 Å². The van der Waals surface area contributed by atoms with E-state index < -0.39 is 25.2 Å². The third kappa shape index (κ3) is 10.5. The van der Waals surface area contributed by atoms with Crippen LogP contribution in [0.15, 0.2) is 0 Å². The first-order valence-corrected chi connectivity index (χ1v) is 16.4. The van der Waals surface area contributed by atoms with E-state index in [1.165, 1.54) is 0 Å². The second-order valence-electron chi connectivity index (χ2n) is 7.02. The Morgan fingerprint density at radius 2 is 1.28 bits per heavy atom. The lowest BCUT2D eigenvalue weighted by molar-refractivity contribution is 0.381. The summed E-state index contributed by atoms with van der Waals surface area (Å²) in [4.78, 5) is 0. The molecule has 0 atom stereocenters. The first-order chi connectivity index (χ1) is 7.97. The second-order valence-corrected chi connectivity index (χ2v) is 19.9. The van der Waals surface area contributed by atoms with Crippen molar-refractivity contribution >= 4 is 25.2 Å². The predicted molar refractivity (Wildman–Crippen MR) is 88.4 cm³/mol. The first-order valence-electron chi connectivity index (χ1n) is 7.08. The first kappa shape index (κ1) is 18.5. The Morgan fingerprint density at radius 3 is 1.61 bits per heavy atom. The average molecular weight is 308 g/mol. The molecule has 0 aromatic rings. The van der Waals surface area contributed by atoms with Crippen molar-refractivity contribution in [2.75, 3.05) is 13.1 Å². The summed E-state index contributed by atoms with van der Waals surface area (Å²) in [6.07, 6.45) is 1.16. The molecule has 0 saturated heterocycles. The Balaban J connectivity index is 4.50. The van der Waals surface area contributed by atoms with Gasteiger partial charge in [0.05, 0.1) is 0 Å². The predicted octanol–water partition coefficient (Wildman–Crippen LogP) is 3.76. The molecule has 0 aromatic heterocycles. The molecule has 0 amide bonds. The van der Waals surface area contributed by atoms with Gasteiger partial charge in [-0.15, -0.1) is 0 Å². The van der Waals surface area contributed by atoms with Gasteiger partial charge in [0.25, 0.3) is 0 Å². The van der Waals surface area contributed by atoms with Crippen LogP contribution >= 0.6 is 0 Å². The molecule has 0 aromatic carbocycles. The highest BCUT2D eigenvalue weighted by atomic mass is 28.5. The van der Waals surface area contributed by atoms with Crippen molar-refractivity contribution in [2.24, 2.45) is 0 Å². The summed E-state index contributed by atoms with van der Waals surface area (Å²) < 4.78 is 12.9. The maximum absolute atomic E-state index is 6.44. The highest BCUT2D eigenvalue weighted by molar-refractivity contribution is 6.87. The van der Waals surface area contributed by atoms with Crippen LogP contribution in [0.3, 0.4) is 0 Å². The maximum Gasteiger partial charge on any atom is 0.314 e. The fourth-order valence-electron chi connectivity index (χ4n) is 2.13. The lowest BCUT2D eigenvalue weighted by atomic mass is 10.5. The topological polar surface area (TPSA) is 30.5 Å². The average Bonchev–Trinajstić information content (AvgIpc) is 2.05. The van der Waals surface area contributed by atoms with E-state index in [1.54, 1.807) is 0 Å². The second kappa shape index (κ2) is 7.35. The van der Waals surface area contributed by atoms with Gasteiger partial charge in [-0.05, 0) is 71.4 Å². The van der Waals surface area contributed by atoms with Crippen LogP contribution in [0.25, 0.3) is 0 Å². The minimum absolute atomic E-state index is 1.04. The van der Waals surface area contributed by atoms with Crippen molar-refractivity contribution in [3.05, 3.63) is 0 Å². The van der Waals surface area contributed by atoms with Gasteiger partial charge >= 0.3 is 8.56 Å². The Bertz CT molecular complexity index is 220. The molecule has 0 aliphatic carbocycles. The fraction of sp³-hybridized carbons (Fsp3) is 1.00. The molecule has 0 spiro atoms. The third-order valence-corrected chi connectivity index (χ3v) is 11.9. The van der Waals surface area contributed by atoms with Crippen molar-refractivity contribution in [1.29, 1.82) is 0 Å². The van der Waals surface area contributed by atoms with Crippen molar-refractivity contribution in [2.45, 2.75) is 65.2 Å². The molecular weight excluding hydrogens is 274 g/mol. The monoisotopic (exact) mass is 307 g/mol. The summed E-state index contributed by atoms with van der Waals surface area (Å²) in [7, 11) is -5.03. The molecule has 110 valence electrons. The molecule has 0 rings (SSSR count). The molecule has 6 heteroatoms. The van der Waals surface area contributed by atoms with E-state index in [-0.39, 0.29) is 0 Å². The summed E-state index contributed by atoms with van der Waals surface area (Å²) in [5.74, 6) is 0. The summed E-state index contributed by atoms with van der Waals surface area (Å²) >= 11 is 0. The van der Waals surface area contributed by atoms with Crippen molar-refractivity contribution in [3.8, 4) is 0 Å². The summed E-state index contributed by atoms with van der Waals surface area (Å²) in [5.41, 5.74) is 0. The Kier molecular flexibility index (Phi) is 7.57. The molecule has 0 aliphatic heterocycles. The zero-order valence-corrected chi connectivity index (χ0v) is 16.6. The van der Waals surface area contributed by atoms with Crippen LogP contribution in [-0.2, 0) is 8.23 Å². The highest BCUT2D eigenvalue weighted by Gasteiger charge is 2.39. The van der Waals surface area contributed by atoms with Gasteiger partial charge in [-0.2, -0.15) is 0 Å². The molecule has 0 heterocycles. The van der Waals surface area contributed by atoms with Gasteiger partial charge < -0.3 is 13.5 Å².